The van der Waals surface area contributed by atoms with Crippen LogP contribution in [-0.2, 0) is 11.3 Å². The Kier molecular flexibility index (Phi) is 9.93. The molecule has 0 bridgehead atoms. The summed E-state index contributed by atoms with van der Waals surface area (Å²) in [5, 5.41) is 23.5. The number of nitrogens with two attached hydrogens (primary N) is 1. The second-order valence-corrected chi connectivity index (χ2v) is 7.52. The molecule has 9 nitrogen and oxygen atoms in total. The minimum atomic E-state index is -3.36. The first-order valence-electron chi connectivity index (χ1n) is 10.6. The fraction of sp³-hybridized carbons (Fsp3) is 0.240. The van der Waals surface area contributed by atoms with E-state index in [1.165, 1.54) is 36.7 Å². The number of primary amides is 1. The molecular formula is C25H24F2N4O5. The second kappa shape index (κ2) is 12.9. The molecule has 2 unspecified atom stereocenters. The molecule has 0 saturated carbocycles. The zero-order valence-electron chi connectivity index (χ0n) is 19.1. The lowest BCUT2D eigenvalue weighted by Crippen LogP contribution is -2.62. The van der Waals surface area contributed by atoms with Gasteiger partial charge in [0.25, 0.3) is 18.2 Å². The molecule has 2 rings (SSSR count). The van der Waals surface area contributed by atoms with Crippen LogP contribution in [0.2, 0.25) is 0 Å². The highest BCUT2D eigenvalue weighted by atomic mass is 19.3. The molecule has 2 atom stereocenters. The van der Waals surface area contributed by atoms with Gasteiger partial charge in [-0.2, -0.15) is 0 Å². The average molecular weight is 498 g/mol. The second-order valence-electron chi connectivity index (χ2n) is 7.52. The van der Waals surface area contributed by atoms with Crippen LogP contribution in [0, 0.1) is 23.7 Å². The summed E-state index contributed by atoms with van der Waals surface area (Å²) in [6.45, 7) is 1.52. The standard InChI is InChI=1S/C25H24F2N4O5/c1-2-25(35,23(26)27)20(22(33)31-36)30-21(32)19-13-11-17(12-14-19)6-4-3-5-16-7-9-18(10-8-16)15-29-24(28)34/h7-14,20,23,35-36H,2,15H2,1H3,(H,30,32)(H,31,33)(H3,28,29,34). The van der Waals surface area contributed by atoms with Crippen LogP contribution in [0.4, 0.5) is 13.6 Å². The van der Waals surface area contributed by atoms with Crippen LogP contribution in [0.1, 0.15) is 40.4 Å². The molecule has 0 aliphatic rings. The molecule has 4 amide bonds. The van der Waals surface area contributed by atoms with Gasteiger partial charge in [0, 0.05) is 23.2 Å². The number of hydroxylamine groups is 1. The van der Waals surface area contributed by atoms with Gasteiger partial charge in [0.2, 0.25) is 0 Å². The third kappa shape index (κ3) is 7.53. The Labute approximate surface area is 206 Å². The Hall–Kier alpha value is -4.45. The Morgan fingerprint density at radius 3 is 1.97 bits per heavy atom. The van der Waals surface area contributed by atoms with Crippen molar-refractivity contribution in [3.05, 3.63) is 70.8 Å². The van der Waals surface area contributed by atoms with Gasteiger partial charge in [-0.3, -0.25) is 14.8 Å². The summed E-state index contributed by atoms with van der Waals surface area (Å²) < 4.78 is 26.7. The quantitative estimate of drug-likeness (QED) is 0.184. The van der Waals surface area contributed by atoms with Crippen LogP contribution in [0.5, 0.6) is 0 Å². The largest absolute Gasteiger partial charge is 0.381 e. The van der Waals surface area contributed by atoms with E-state index in [1.807, 2.05) is 5.32 Å². The van der Waals surface area contributed by atoms with E-state index in [0.717, 1.165) is 5.56 Å². The molecule has 188 valence electrons. The van der Waals surface area contributed by atoms with E-state index in [0.29, 0.717) is 17.7 Å². The number of carbonyl (C=O) groups excluding carboxylic acids is 3. The van der Waals surface area contributed by atoms with Gasteiger partial charge in [-0.1, -0.05) is 30.9 Å². The van der Waals surface area contributed by atoms with Crippen LogP contribution in [0.15, 0.2) is 48.5 Å². The molecule has 11 heteroatoms. The average Bonchev–Trinajstić information content (AvgIpc) is 2.88. The number of halogens is 2. The number of carbonyl (C=O) groups is 3. The summed E-state index contributed by atoms with van der Waals surface area (Å²) in [5.74, 6) is 8.71. The lowest BCUT2D eigenvalue weighted by molar-refractivity contribution is -0.154. The van der Waals surface area contributed by atoms with Gasteiger partial charge < -0.3 is 21.5 Å². The van der Waals surface area contributed by atoms with E-state index >= 15 is 0 Å². The van der Waals surface area contributed by atoms with Crippen LogP contribution < -0.4 is 21.8 Å². The maximum absolute atomic E-state index is 13.4. The van der Waals surface area contributed by atoms with Gasteiger partial charge in [-0.25, -0.2) is 19.1 Å². The topological polar surface area (TPSA) is 154 Å². The van der Waals surface area contributed by atoms with Crippen molar-refractivity contribution in [3.63, 3.8) is 0 Å². The Balaban J connectivity index is 2.06. The van der Waals surface area contributed by atoms with Gasteiger partial charge in [0.15, 0.2) is 5.60 Å². The monoisotopic (exact) mass is 498 g/mol. The van der Waals surface area contributed by atoms with Crippen LogP contribution in [0.25, 0.3) is 0 Å². The number of hydrogen-bond donors (Lipinski definition) is 6. The molecule has 0 fully saturated rings. The summed E-state index contributed by atoms with van der Waals surface area (Å²) in [5.41, 5.74) is 5.41. The van der Waals surface area contributed by atoms with Crippen molar-refractivity contribution < 1.29 is 33.5 Å². The van der Waals surface area contributed by atoms with E-state index in [1.54, 1.807) is 24.3 Å². The highest BCUT2D eigenvalue weighted by Crippen LogP contribution is 2.25. The Bertz CT molecular complexity index is 1210. The van der Waals surface area contributed by atoms with E-state index < -0.39 is 42.3 Å². The summed E-state index contributed by atoms with van der Waals surface area (Å²) in [7, 11) is 0. The molecule has 0 aromatic heterocycles. The molecule has 0 heterocycles. The van der Waals surface area contributed by atoms with Crippen molar-refractivity contribution in [1.29, 1.82) is 0 Å². The molecule has 0 saturated heterocycles. The third-order valence-electron chi connectivity index (χ3n) is 5.14. The minimum Gasteiger partial charge on any atom is -0.381 e. The third-order valence-corrected chi connectivity index (χ3v) is 5.14. The predicted octanol–water partition coefficient (Wildman–Crippen LogP) is 1.27. The summed E-state index contributed by atoms with van der Waals surface area (Å²) in [6.07, 6.45) is -3.92. The van der Waals surface area contributed by atoms with Crippen molar-refractivity contribution in [3.8, 4) is 23.7 Å². The van der Waals surface area contributed by atoms with Gasteiger partial charge in [-0.15, -0.1) is 0 Å². The lowest BCUT2D eigenvalue weighted by Gasteiger charge is -2.33. The number of rotatable bonds is 8. The van der Waals surface area contributed by atoms with Crippen LogP contribution in [-0.4, -0.2) is 46.2 Å². The first-order chi connectivity index (χ1) is 17.1. The van der Waals surface area contributed by atoms with Crippen LogP contribution in [0.3, 0.4) is 0 Å². The van der Waals surface area contributed by atoms with Crippen molar-refractivity contribution in [2.45, 2.75) is 38.0 Å². The highest BCUT2D eigenvalue weighted by molar-refractivity contribution is 5.98. The molecule has 0 aliphatic carbocycles. The van der Waals surface area contributed by atoms with Crippen LogP contribution >= 0.6 is 0 Å². The predicted molar refractivity (Wildman–Crippen MR) is 125 cm³/mol. The van der Waals surface area contributed by atoms with Crippen molar-refractivity contribution in [2.24, 2.45) is 5.73 Å². The fourth-order valence-electron chi connectivity index (χ4n) is 2.99. The van der Waals surface area contributed by atoms with Crippen molar-refractivity contribution >= 4 is 17.8 Å². The number of hydrogen-bond acceptors (Lipinski definition) is 5. The normalized spacial score (nSPS) is 12.6. The first-order valence-corrected chi connectivity index (χ1v) is 10.6. The Morgan fingerprint density at radius 1 is 1.00 bits per heavy atom. The maximum Gasteiger partial charge on any atom is 0.312 e. The van der Waals surface area contributed by atoms with E-state index in [4.69, 9.17) is 10.9 Å². The Morgan fingerprint density at radius 2 is 1.53 bits per heavy atom. The van der Waals surface area contributed by atoms with Gasteiger partial charge in [-0.05, 0) is 60.2 Å². The maximum atomic E-state index is 13.4. The number of nitrogens with one attached hydrogen (secondary N) is 3. The van der Waals surface area contributed by atoms with E-state index in [9.17, 15) is 28.3 Å². The van der Waals surface area contributed by atoms with E-state index in [2.05, 4.69) is 29.0 Å². The lowest BCUT2D eigenvalue weighted by atomic mass is 9.90. The molecule has 2 aromatic rings. The first kappa shape index (κ1) is 27.8. The van der Waals surface area contributed by atoms with Gasteiger partial charge >= 0.3 is 6.03 Å². The van der Waals surface area contributed by atoms with Crippen molar-refractivity contribution in [2.75, 3.05) is 0 Å². The summed E-state index contributed by atoms with van der Waals surface area (Å²) in [6, 6.07) is 10.1. The fourth-order valence-corrected chi connectivity index (χ4v) is 2.99. The highest BCUT2D eigenvalue weighted by Gasteiger charge is 2.48. The number of urea groups is 1. The van der Waals surface area contributed by atoms with Gasteiger partial charge in [0.05, 0.1) is 0 Å². The number of benzene rings is 2. The summed E-state index contributed by atoms with van der Waals surface area (Å²) >= 11 is 0. The molecule has 0 spiro atoms. The number of aliphatic hydroxyl groups is 1. The van der Waals surface area contributed by atoms with Gasteiger partial charge in [0.1, 0.15) is 6.04 Å². The molecule has 0 radical (unpaired) electrons. The molecule has 0 aliphatic heterocycles. The minimum absolute atomic E-state index is 0.0148. The SMILES string of the molecule is CCC(O)(C(F)F)C(NC(=O)c1ccc(C#CC#Cc2ccc(CNC(N)=O)cc2)cc1)C(=O)NO. The number of alkyl halides is 2. The van der Waals surface area contributed by atoms with E-state index in [-0.39, 0.29) is 5.56 Å². The molecular weight excluding hydrogens is 474 g/mol. The molecule has 2 aromatic carbocycles. The summed E-state index contributed by atoms with van der Waals surface area (Å²) in [4.78, 5) is 35.0. The smallest absolute Gasteiger partial charge is 0.312 e. The molecule has 7 N–H and O–H groups in total. The molecule has 36 heavy (non-hydrogen) atoms. The zero-order valence-corrected chi connectivity index (χ0v) is 19.1. The zero-order chi connectivity index (χ0) is 26.7. The number of amides is 4. The van der Waals surface area contributed by atoms with Crippen molar-refractivity contribution in [1.82, 2.24) is 16.1 Å².